The average molecular weight is 611 g/mol. The zero-order valence-electron chi connectivity index (χ0n) is 29.2. The first-order valence-electron chi connectivity index (χ1n) is 19.0. The van der Waals surface area contributed by atoms with Crippen LogP contribution < -0.4 is 0 Å². The van der Waals surface area contributed by atoms with Gasteiger partial charge in [-0.2, -0.15) is 0 Å². The fraction of sp³-hybridized carbons (Fsp3) is 0.947. The van der Waals surface area contributed by atoms with Crippen LogP contribution in [0.25, 0.3) is 0 Å². The minimum Gasteiger partial charge on any atom is -0.462 e. The number of hydrogen-bond acceptors (Lipinski definition) is 5. The van der Waals surface area contributed by atoms with Crippen molar-refractivity contribution in [1.82, 2.24) is 0 Å². The summed E-state index contributed by atoms with van der Waals surface area (Å²) < 4.78 is 10.6. The molecule has 0 aromatic rings. The summed E-state index contributed by atoms with van der Waals surface area (Å²) >= 11 is 0. The highest BCUT2D eigenvalue weighted by Gasteiger charge is 2.16. The van der Waals surface area contributed by atoms with E-state index in [2.05, 4.69) is 20.8 Å². The second-order valence-electron chi connectivity index (χ2n) is 13.3. The second kappa shape index (κ2) is 33.8. The van der Waals surface area contributed by atoms with Crippen LogP contribution in [0.3, 0.4) is 0 Å². The molecule has 0 aliphatic rings. The Morgan fingerprint density at radius 3 is 1.30 bits per heavy atom. The molecule has 0 radical (unpaired) electrons. The summed E-state index contributed by atoms with van der Waals surface area (Å²) in [4.78, 5) is 24.2. The Balaban J connectivity index is 3.51. The molecule has 0 bridgehead atoms. The molecule has 0 fully saturated rings. The molecule has 1 N–H and O–H groups in total. The molecule has 256 valence electrons. The third-order valence-corrected chi connectivity index (χ3v) is 8.94. The molecule has 0 heterocycles. The van der Waals surface area contributed by atoms with Crippen molar-refractivity contribution in [1.29, 1.82) is 0 Å². The molecular formula is C38H74O5. The largest absolute Gasteiger partial charge is 0.462 e. The lowest BCUT2D eigenvalue weighted by molar-refractivity contribution is -0.161. The standard InChI is InChI=1S/C38H74O5/c1-4-6-7-8-9-10-11-12-13-14-15-16-17-18-22-25-28-31-37(40)42-34-36(33-39)43-38(41)32-29-26-23-20-19-21-24-27-30-35(3)5-2/h35-36,39H,4-34H2,1-3H3/t35?,36-/m0/s1. The Hall–Kier alpha value is -1.10. The van der Waals surface area contributed by atoms with E-state index in [1.807, 2.05) is 0 Å². The lowest BCUT2D eigenvalue weighted by atomic mass is 9.99. The van der Waals surface area contributed by atoms with Crippen LogP contribution >= 0.6 is 0 Å². The zero-order chi connectivity index (χ0) is 31.6. The van der Waals surface area contributed by atoms with Gasteiger partial charge in [-0.25, -0.2) is 0 Å². The molecule has 5 nitrogen and oxygen atoms in total. The van der Waals surface area contributed by atoms with E-state index in [1.165, 1.54) is 141 Å². The van der Waals surface area contributed by atoms with E-state index in [4.69, 9.17) is 9.47 Å². The molecule has 0 aromatic heterocycles. The Bertz CT molecular complexity index is 593. The predicted octanol–water partition coefficient (Wildman–Crippen LogP) is 11.4. The SMILES string of the molecule is CCCCCCCCCCCCCCCCCCCC(=O)OC[C@H](CO)OC(=O)CCCCCCCCCCC(C)CC. The van der Waals surface area contributed by atoms with Crippen LogP contribution in [0, 0.1) is 5.92 Å². The Morgan fingerprint density at radius 1 is 0.535 bits per heavy atom. The smallest absolute Gasteiger partial charge is 0.306 e. The van der Waals surface area contributed by atoms with E-state index in [9.17, 15) is 14.7 Å². The van der Waals surface area contributed by atoms with E-state index in [-0.39, 0.29) is 25.2 Å². The van der Waals surface area contributed by atoms with Crippen molar-refractivity contribution in [2.45, 2.75) is 213 Å². The summed E-state index contributed by atoms with van der Waals surface area (Å²) in [5.74, 6) is 0.277. The maximum Gasteiger partial charge on any atom is 0.306 e. The predicted molar refractivity (Wildman–Crippen MR) is 182 cm³/mol. The summed E-state index contributed by atoms with van der Waals surface area (Å²) in [5.41, 5.74) is 0. The van der Waals surface area contributed by atoms with Gasteiger partial charge in [-0.15, -0.1) is 0 Å². The van der Waals surface area contributed by atoms with Crippen LogP contribution in [0.1, 0.15) is 207 Å². The van der Waals surface area contributed by atoms with E-state index in [1.54, 1.807) is 0 Å². The summed E-state index contributed by atoms with van der Waals surface area (Å²) in [7, 11) is 0. The molecule has 0 saturated carbocycles. The van der Waals surface area contributed by atoms with E-state index in [0.717, 1.165) is 38.0 Å². The number of esters is 2. The number of aliphatic hydroxyl groups excluding tert-OH is 1. The monoisotopic (exact) mass is 611 g/mol. The van der Waals surface area contributed by atoms with Crippen LogP contribution in [0.5, 0.6) is 0 Å². The van der Waals surface area contributed by atoms with Gasteiger partial charge >= 0.3 is 11.9 Å². The maximum atomic E-state index is 12.1. The fourth-order valence-corrected chi connectivity index (χ4v) is 5.65. The lowest BCUT2D eigenvalue weighted by Crippen LogP contribution is -2.28. The van der Waals surface area contributed by atoms with Gasteiger partial charge < -0.3 is 14.6 Å². The van der Waals surface area contributed by atoms with Crippen LogP contribution in [-0.2, 0) is 19.1 Å². The van der Waals surface area contributed by atoms with Crippen LogP contribution in [0.4, 0.5) is 0 Å². The number of carbonyl (C=O) groups excluding carboxylic acids is 2. The molecule has 0 rings (SSSR count). The molecule has 5 heteroatoms. The summed E-state index contributed by atoms with van der Waals surface area (Å²) in [6, 6.07) is 0. The van der Waals surface area contributed by atoms with Gasteiger partial charge in [0.15, 0.2) is 6.10 Å². The average Bonchev–Trinajstić information content (AvgIpc) is 3.01. The van der Waals surface area contributed by atoms with Gasteiger partial charge in [0.1, 0.15) is 6.61 Å². The van der Waals surface area contributed by atoms with E-state index < -0.39 is 6.10 Å². The molecule has 0 aliphatic heterocycles. The number of aliphatic hydroxyl groups is 1. The van der Waals surface area contributed by atoms with Gasteiger partial charge in [0.2, 0.25) is 0 Å². The first-order chi connectivity index (χ1) is 21.0. The third-order valence-electron chi connectivity index (χ3n) is 8.94. The van der Waals surface area contributed by atoms with E-state index >= 15 is 0 Å². The number of unbranched alkanes of at least 4 members (excludes halogenated alkanes) is 23. The molecule has 0 saturated heterocycles. The van der Waals surface area contributed by atoms with Gasteiger partial charge in [-0.3, -0.25) is 9.59 Å². The topological polar surface area (TPSA) is 72.8 Å². The van der Waals surface area contributed by atoms with Crippen molar-refractivity contribution in [3.05, 3.63) is 0 Å². The van der Waals surface area contributed by atoms with Crippen molar-refractivity contribution in [2.24, 2.45) is 5.92 Å². The number of rotatable bonds is 34. The van der Waals surface area contributed by atoms with Crippen molar-refractivity contribution >= 4 is 11.9 Å². The normalized spacial score (nSPS) is 12.7. The van der Waals surface area contributed by atoms with Crippen LogP contribution in [0.15, 0.2) is 0 Å². The Kier molecular flexibility index (Phi) is 32.9. The molecule has 2 atom stereocenters. The van der Waals surface area contributed by atoms with E-state index in [0.29, 0.717) is 12.8 Å². The molecule has 0 amide bonds. The fourth-order valence-electron chi connectivity index (χ4n) is 5.65. The minimum atomic E-state index is -0.762. The highest BCUT2D eigenvalue weighted by molar-refractivity contribution is 5.70. The van der Waals surface area contributed by atoms with Gasteiger partial charge in [0.25, 0.3) is 0 Å². The number of ether oxygens (including phenoxy) is 2. The van der Waals surface area contributed by atoms with Crippen molar-refractivity contribution in [3.8, 4) is 0 Å². The van der Waals surface area contributed by atoms with Gasteiger partial charge in [0.05, 0.1) is 6.61 Å². The van der Waals surface area contributed by atoms with Crippen molar-refractivity contribution < 1.29 is 24.2 Å². The Labute approximate surface area is 268 Å². The maximum absolute atomic E-state index is 12.1. The van der Waals surface area contributed by atoms with Crippen molar-refractivity contribution in [2.75, 3.05) is 13.2 Å². The molecule has 0 spiro atoms. The first-order valence-corrected chi connectivity index (χ1v) is 19.0. The number of carbonyl (C=O) groups is 2. The second-order valence-corrected chi connectivity index (χ2v) is 13.3. The summed E-state index contributed by atoms with van der Waals surface area (Å²) in [6.07, 6.45) is 34.4. The summed E-state index contributed by atoms with van der Waals surface area (Å²) in [5, 5.41) is 9.53. The highest BCUT2D eigenvalue weighted by atomic mass is 16.6. The van der Waals surface area contributed by atoms with Gasteiger partial charge in [-0.05, 0) is 18.8 Å². The molecule has 0 aromatic carbocycles. The molecular weight excluding hydrogens is 536 g/mol. The third kappa shape index (κ3) is 32.1. The van der Waals surface area contributed by atoms with Gasteiger partial charge in [-0.1, -0.05) is 181 Å². The zero-order valence-corrected chi connectivity index (χ0v) is 29.2. The lowest BCUT2D eigenvalue weighted by Gasteiger charge is -2.15. The Morgan fingerprint density at radius 2 is 0.907 bits per heavy atom. The first kappa shape index (κ1) is 41.9. The number of hydrogen-bond donors (Lipinski definition) is 1. The summed E-state index contributed by atoms with van der Waals surface area (Å²) in [6.45, 7) is 6.50. The van der Waals surface area contributed by atoms with Crippen molar-refractivity contribution in [3.63, 3.8) is 0 Å². The van der Waals surface area contributed by atoms with Crippen LogP contribution in [0.2, 0.25) is 0 Å². The molecule has 43 heavy (non-hydrogen) atoms. The van der Waals surface area contributed by atoms with Crippen LogP contribution in [-0.4, -0.2) is 36.4 Å². The molecule has 0 aliphatic carbocycles. The van der Waals surface area contributed by atoms with Gasteiger partial charge in [0, 0.05) is 12.8 Å². The highest BCUT2D eigenvalue weighted by Crippen LogP contribution is 2.16. The quantitative estimate of drug-likeness (QED) is 0.0579. The molecule has 1 unspecified atom stereocenters. The minimum absolute atomic E-state index is 0.0585.